The number of allylic oxidation sites excluding steroid dienone is 6. The predicted molar refractivity (Wildman–Crippen MR) is 254 cm³/mol. The monoisotopic (exact) mass is 911 g/mol. The average molecular weight is 911 g/mol. The topological polar surface area (TPSA) is 173 Å². The van der Waals surface area contributed by atoms with Crippen molar-refractivity contribution in [1.82, 2.24) is 4.90 Å². The summed E-state index contributed by atoms with van der Waals surface area (Å²) < 4.78 is 20.7. The lowest BCUT2D eigenvalue weighted by molar-refractivity contribution is -0.119. The number of Topliss-reactive ketones (excluding diaryl/α,β-unsaturated/α-hetero) is 1. The lowest BCUT2D eigenvalue weighted by Crippen LogP contribution is -2.48. The Bertz CT molecular complexity index is 2360. The minimum Gasteiger partial charge on any atom is -0.506 e. The van der Waals surface area contributed by atoms with Crippen LogP contribution in [0.3, 0.4) is 0 Å². The van der Waals surface area contributed by atoms with Crippen LogP contribution in [0.25, 0.3) is 5.57 Å². The van der Waals surface area contributed by atoms with Crippen LogP contribution < -0.4 is 10.2 Å². The van der Waals surface area contributed by atoms with E-state index >= 15 is 4.79 Å². The highest BCUT2D eigenvalue weighted by molar-refractivity contribution is 6.43. The van der Waals surface area contributed by atoms with Crippen LogP contribution in [-0.2, 0) is 44.2 Å². The van der Waals surface area contributed by atoms with E-state index in [1.807, 2.05) is 26.0 Å². The van der Waals surface area contributed by atoms with Crippen molar-refractivity contribution in [2.75, 3.05) is 62.8 Å². The molecule has 0 unspecified atom stereocenters. The lowest BCUT2D eigenvalue weighted by Gasteiger charge is -2.52. The second kappa shape index (κ2) is 18.7. The third-order valence-corrected chi connectivity index (χ3v) is 14.5. The number of amides is 2. The minimum absolute atomic E-state index is 0.0550. The number of aliphatic imine (C=N–C) groups is 1. The molecule has 4 aliphatic heterocycles. The number of hydrogen-bond acceptors (Lipinski definition) is 12. The van der Waals surface area contributed by atoms with Crippen molar-refractivity contribution in [3.63, 3.8) is 0 Å². The zero-order valence-corrected chi connectivity index (χ0v) is 40.8. The first kappa shape index (κ1) is 48.5. The number of aliphatic hydroxyl groups is 1. The summed E-state index contributed by atoms with van der Waals surface area (Å²) in [4.78, 5) is 76.9. The maximum atomic E-state index is 15.2. The second-order valence-electron chi connectivity index (χ2n) is 21.2. The molecule has 0 spiro atoms. The van der Waals surface area contributed by atoms with Crippen LogP contribution in [0.2, 0.25) is 0 Å². The second-order valence-corrected chi connectivity index (χ2v) is 21.2. The van der Waals surface area contributed by atoms with Crippen molar-refractivity contribution < 1.29 is 48.0 Å². The fourth-order valence-corrected chi connectivity index (χ4v) is 10.2. The van der Waals surface area contributed by atoms with Crippen LogP contribution in [0.1, 0.15) is 150 Å². The van der Waals surface area contributed by atoms with E-state index in [0.29, 0.717) is 35.4 Å². The van der Waals surface area contributed by atoms with Crippen LogP contribution in [-0.4, -0.2) is 98.2 Å². The Balaban J connectivity index is 1.36. The summed E-state index contributed by atoms with van der Waals surface area (Å²) in [5.41, 5.74) is 6.01. The molecule has 4 heterocycles. The normalized spacial score (nSPS) is 22.5. The quantitative estimate of drug-likeness (QED) is 0.103. The summed E-state index contributed by atoms with van der Waals surface area (Å²) in [5, 5.41) is 15.7. The molecule has 0 saturated carbocycles. The van der Waals surface area contributed by atoms with Crippen molar-refractivity contribution >= 4 is 52.6 Å². The summed E-state index contributed by atoms with van der Waals surface area (Å²) >= 11 is 0. The van der Waals surface area contributed by atoms with Crippen molar-refractivity contribution in [3.05, 3.63) is 62.6 Å². The molecule has 66 heavy (non-hydrogen) atoms. The summed E-state index contributed by atoms with van der Waals surface area (Å²) in [6.45, 7) is 24.6. The van der Waals surface area contributed by atoms with Crippen molar-refractivity contribution in [2.45, 2.75) is 144 Å². The smallest absolute Gasteiger partial charge is 0.506 e. The summed E-state index contributed by atoms with van der Waals surface area (Å²) in [5.74, 6) is -1.64. The van der Waals surface area contributed by atoms with E-state index in [-0.39, 0.29) is 67.0 Å². The molecule has 0 bridgehead atoms. The maximum absolute atomic E-state index is 15.2. The van der Waals surface area contributed by atoms with Crippen LogP contribution >= 0.6 is 0 Å². The number of aliphatic hydroxyl groups excluding tert-OH is 1. The molecule has 7 rings (SSSR count). The summed E-state index contributed by atoms with van der Waals surface area (Å²) in [6, 6.07) is 1.96. The van der Waals surface area contributed by atoms with E-state index in [1.54, 1.807) is 0 Å². The molecular weight excluding hydrogens is 841 g/mol. The molecule has 1 saturated heterocycles. The van der Waals surface area contributed by atoms with Gasteiger partial charge in [0.25, 0.3) is 0 Å². The van der Waals surface area contributed by atoms with E-state index in [9.17, 15) is 24.3 Å². The first-order chi connectivity index (χ1) is 31.1. The Morgan fingerprint density at radius 1 is 0.712 bits per heavy atom. The molecule has 1 aromatic rings. The molecule has 6 aliphatic rings. The number of piperidine rings is 1. The van der Waals surface area contributed by atoms with E-state index in [2.05, 4.69) is 70.5 Å². The van der Waals surface area contributed by atoms with Crippen LogP contribution in [0.4, 0.5) is 21.0 Å². The van der Waals surface area contributed by atoms with Gasteiger partial charge in [0.2, 0.25) is 17.6 Å². The first-order valence-electron chi connectivity index (χ1n) is 24.1. The molecule has 358 valence electrons. The van der Waals surface area contributed by atoms with Crippen LogP contribution in [0.15, 0.2) is 50.9 Å². The number of anilines is 2. The largest absolute Gasteiger partial charge is 0.508 e. The van der Waals surface area contributed by atoms with Gasteiger partial charge in [-0.05, 0) is 83.5 Å². The van der Waals surface area contributed by atoms with Crippen LogP contribution in [0, 0.1) is 10.8 Å². The Labute approximate surface area is 389 Å². The number of carbonyl (C=O) groups is 5. The molecular formula is C52H70N4O10. The molecule has 0 radical (unpaired) electrons. The van der Waals surface area contributed by atoms with Gasteiger partial charge in [0, 0.05) is 59.8 Å². The summed E-state index contributed by atoms with van der Waals surface area (Å²) in [6.07, 6.45) is 6.31. The Morgan fingerprint density at radius 3 is 1.86 bits per heavy atom. The third kappa shape index (κ3) is 9.30. The van der Waals surface area contributed by atoms with Gasteiger partial charge in [-0.25, -0.2) is 14.6 Å². The Morgan fingerprint density at radius 2 is 1.26 bits per heavy atom. The maximum Gasteiger partial charge on any atom is 0.508 e. The lowest BCUT2D eigenvalue weighted by atomic mass is 9.62. The van der Waals surface area contributed by atoms with Gasteiger partial charge in [0.15, 0.2) is 0 Å². The number of nitrogens with one attached hydrogen (secondary N) is 1. The zero-order valence-electron chi connectivity index (χ0n) is 40.8. The van der Waals surface area contributed by atoms with E-state index in [4.69, 9.17) is 23.9 Å². The molecule has 0 aromatic heterocycles. The number of unbranched alkanes of at least 4 members (excludes halogenated alkanes) is 2. The minimum atomic E-state index is -0.847. The molecule has 14 nitrogen and oxygen atoms in total. The molecule has 1 fully saturated rings. The van der Waals surface area contributed by atoms with Gasteiger partial charge in [0.1, 0.15) is 19.0 Å². The number of benzene rings is 1. The Hall–Kier alpha value is -5.40. The predicted octanol–water partition coefficient (Wildman–Crippen LogP) is 9.95. The molecule has 1 aromatic carbocycles. The average Bonchev–Trinajstić information content (AvgIpc) is 3.23. The Kier molecular flexibility index (Phi) is 13.8. The van der Waals surface area contributed by atoms with Gasteiger partial charge in [-0.1, -0.05) is 82.1 Å². The van der Waals surface area contributed by atoms with Crippen molar-refractivity contribution in [3.8, 4) is 0 Å². The number of ether oxygens (including phenoxy) is 4. The molecule has 14 heteroatoms. The SMILES string of the molecule is CCCCOC(=O)OCCC(=O)N=C1C(=C2C(=O)C(c3cc4c5c(c3NC(=O)CCOC(=O)OCCCC)C(C)(C)CCN5CCC4(C)C)=C2O)C=C2C3=C1C(C)(C)CCN3CCC2(C)C. The standard InChI is InChI=1S/C52H70N4O10/c1-11-13-25-63-47(61)65-27-15-35(57)53-41-31(29-33-43-39(41)51(7,8)19-23-55(43)21-17-49(33,3)4)37-45(59)38(46(37)60)32-30-34-44-40(52(9,10)20-24-56(44)22-18-50(34,5)6)42(32)54-36(58)16-28-66-48(62)64-26-14-12-2/h29-30,59H,11-28H2,1-10H3,(H,53,57). The number of nitrogens with zero attached hydrogens (tertiary/aromatic N) is 3. The molecule has 2 aliphatic carbocycles. The van der Waals surface area contributed by atoms with Crippen molar-refractivity contribution in [1.29, 1.82) is 0 Å². The highest BCUT2D eigenvalue weighted by atomic mass is 16.7. The first-order valence-corrected chi connectivity index (χ1v) is 24.1. The van der Waals surface area contributed by atoms with Gasteiger partial charge >= 0.3 is 12.3 Å². The molecule has 0 atom stereocenters. The highest BCUT2D eigenvalue weighted by Crippen LogP contribution is 2.57. The third-order valence-electron chi connectivity index (χ3n) is 14.5. The molecule has 2 amide bonds. The number of rotatable bonds is 14. The van der Waals surface area contributed by atoms with E-state index < -0.39 is 40.7 Å². The van der Waals surface area contributed by atoms with E-state index in [1.165, 1.54) is 0 Å². The fraction of sp³-hybridized carbons (Fsp3) is 0.615. The summed E-state index contributed by atoms with van der Waals surface area (Å²) in [7, 11) is 0. The van der Waals surface area contributed by atoms with Gasteiger partial charge in [-0.15, -0.1) is 0 Å². The van der Waals surface area contributed by atoms with Gasteiger partial charge in [-0.3, -0.25) is 14.4 Å². The number of ketones is 1. The zero-order chi connectivity index (χ0) is 47.9. The van der Waals surface area contributed by atoms with Gasteiger partial charge < -0.3 is 39.2 Å². The number of carbonyl (C=O) groups excluding carboxylic acids is 5. The van der Waals surface area contributed by atoms with Crippen LogP contribution in [0.5, 0.6) is 0 Å². The fourth-order valence-electron chi connectivity index (χ4n) is 10.2. The highest BCUT2D eigenvalue weighted by Gasteiger charge is 2.50. The van der Waals surface area contributed by atoms with Crippen molar-refractivity contribution in [2.24, 2.45) is 15.8 Å². The van der Waals surface area contributed by atoms with Gasteiger partial charge in [0.05, 0.1) is 48.6 Å². The number of hydrogen-bond donors (Lipinski definition) is 2. The molecule has 2 N–H and O–H groups in total. The van der Waals surface area contributed by atoms with E-state index in [0.717, 1.165) is 98.4 Å². The van der Waals surface area contributed by atoms with Gasteiger partial charge in [-0.2, -0.15) is 0 Å².